The van der Waals surface area contributed by atoms with E-state index in [1.54, 1.807) is 24.3 Å². The molecule has 0 aliphatic heterocycles. The molecule has 0 bridgehead atoms. The van der Waals surface area contributed by atoms with Gasteiger partial charge < -0.3 is 4.90 Å². The van der Waals surface area contributed by atoms with E-state index in [9.17, 15) is 9.59 Å². The summed E-state index contributed by atoms with van der Waals surface area (Å²) in [6, 6.07) is 3.83. The fourth-order valence-electron chi connectivity index (χ4n) is 2.39. The third-order valence-corrected chi connectivity index (χ3v) is 3.63. The van der Waals surface area contributed by atoms with Gasteiger partial charge in [0.15, 0.2) is 0 Å². The summed E-state index contributed by atoms with van der Waals surface area (Å²) in [5.41, 5.74) is 0.613. The molecule has 2 heterocycles. The zero-order valence-corrected chi connectivity index (χ0v) is 12.9. The predicted molar refractivity (Wildman–Crippen MR) is 82.2 cm³/mol. The van der Waals surface area contributed by atoms with Crippen LogP contribution in [0.15, 0.2) is 29.3 Å². The first kappa shape index (κ1) is 15.9. The Morgan fingerprint density at radius 3 is 2.86 bits per heavy atom. The molecule has 0 unspecified atom stereocenters. The number of aromatic nitrogens is 4. The van der Waals surface area contributed by atoms with Crippen LogP contribution in [0.5, 0.6) is 0 Å². The second-order valence-corrected chi connectivity index (χ2v) is 5.25. The van der Waals surface area contributed by atoms with Crippen molar-refractivity contribution in [2.24, 2.45) is 0 Å². The van der Waals surface area contributed by atoms with Gasteiger partial charge in [-0.1, -0.05) is 25.8 Å². The summed E-state index contributed by atoms with van der Waals surface area (Å²) in [5, 5.41) is 6.05. The first-order chi connectivity index (χ1) is 10.6. The number of nitrogens with zero attached hydrogens (tertiary/aromatic N) is 3. The lowest BCUT2D eigenvalue weighted by atomic mass is 10.0. The van der Waals surface area contributed by atoms with Crippen LogP contribution in [0.4, 0.5) is 0 Å². The van der Waals surface area contributed by atoms with Gasteiger partial charge in [0, 0.05) is 19.4 Å². The lowest BCUT2D eigenvalue weighted by Crippen LogP contribution is -2.33. The van der Waals surface area contributed by atoms with E-state index in [1.165, 1.54) is 0 Å². The van der Waals surface area contributed by atoms with Crippen molar-refractivity contribution in [1.29, 1.82) is 0 Å². The number of nitrogens with one attached hydrogen (secondary N) is 2. The second kappa shape index (κ2) is 7.53. The number of aromatic amines is 2. The molecule has 0 spiro atoms. The van der Waals surface area contributed by atoms with Crippen LogP contribution in [0.1, 0.15) is 43.6 Å². The van der Waals surface area contributed by atoms with Crippen molar-refractivity contribution < 1.29 is 4.79 Å². The molecular formula is C15H21N5O2. The number of carbonyl (C=O) groups is 1. The number of unbranched alkanes of at least 4 members (excludes halogenated alkanes) is 1. The van der Waals surface area contributed by atoms with E-state index in [-0.39, 0.29) is 18.4 Å². The molecule has 22 heavy (non-hydrogen) atoms. The molecule has 0 aliphatic rings. The largest absolute Gasteiger partial charge is 0.340 e. The highest BCUT2D eigenvalue weighted by molar-refractivity contribution is 5.78. The summed E-state index contributed by atoms with van der Waals surface area (Å²) in [6.45, 7) is 2.12. The Bertz CT molecular complexity index is 649. The van der Waals surface area contributed by atoms with E-state index in [4.69, 9.17) is 0 Å². The molecule has 1 amide bonds. The molecule has 7 heteroatoms. The van der Waals surface area contributed by atoms with Crippen molar-refractivity contribution in [3.05, 3.63) is 46.4 Å². The number of hydrogen-bond acceptors (Lipinski definition) is 4. The van der Waals surface area contributed by atoms with Gasteiger partial charge in [0.2, 0.25) is 5.91 Å². The van der Waals surface area contributed by atoms with Crippen LogP contribution in [0.25, 0.3) is 0 Å². The monoisotopic (exact) mass is 303 g/mol. The molecule has 7 nitrogen and oxygen atoms in total. The highest BCUT2D eigenvalue weighted by atomic mass is 16.2. The van der Waals surface area contributed by atoms with Gasteiger partial charge >= 0.3 is 5.69 Å². The van der Waals surface area contributed by atoms with E-state index < -0.39 is 5.69 Å². The second-order valence-electron chi connectivity index (χ2n) is 5.25. The van der Waals surface area contributed by atoms with Crippen molar-refractivity contribution >= 4 is 5.91 Å². The Balaban J connectivity index is 2.12. The Morgan fingerprint density at radius 1 is 1.45 bits per heavy atom. The predicted octanol–water partition coefficient (Wildman–Crippen LogP) is 1.43. The molecule has 2 aromatic heterocycles. The first-order valence-electron chi connectivity index (χ1n) is 7.41. The summed E-state index contributed by atoms with van der Waals surface area (Å²) in [4.78, 5) is 31.8. The van der Waals surface area contributed by atoms with Gasteiger partial charge in [-0.05, 0) is 18.1 Å². The van der Waals surface area contributed by atoms with Crippen LogP contribution >= 0.6 is 0 Å². The lowest BCUT2D eigenvalue weighted by Gasteiger charge is -2.28. The summed E-state index contributed by atoms with van der Waals surface area (Å²) in [6.07, 6.45) is 6.54. The van der Waals surface area contributed by atoms with E-state index in [0.717, 1.165) is 24.8 Å². The van der Waals surface area contributed by atoms with Crippen LogP contribution in [-0.4, -0.2) is 38.0 Å². The zero-order chi connectivity index (χ0) is 15.9. The van der Waals surface area contributed by atoms with Crippen molar-refractivity contribution in [3.63, 3.8) is 0 Å². The highest BCUT2D eigenvalue weighted by Crippen LogP contribution is 2.25. The maximum absolute atomic E-state index is 12.4. The number of rotatable bonds is 7. The number of hydrogen-bond donors (Lipinski definition) is 2. The van der Waals surface area contributed by atoms with E-state index in [1.807, 2.05) is 12.1 Å². The maximum atomic E-state index is 12.4. The van der Waals surface area contributed by atoms with Crippen LogP contribution in [0, 0.1) is 0 Å². The molecule has 2 N–H and O–H groups in total. The summed E-state index contributed by atoms with van der Waals surface area (Å²) < 4.78 is 0. The van der Waals surface area contributed by atoms with Gasteiger partial charge in [0.25, 0.3) is 0 Å². The fraction of sp³-hybridized carbons (Fsp3) is 0.467. The fourth-order valence-corrected chi connectivity index (χ4v) is 2.39. The van der Waals surface area contributed by atoms with Gasteiger partial charge in [-0.15, -0.1) is 0 Å². The van der Waals surface area contributed by atoms with Gasteiger partial charge in [0.1, 0.15) is 5.82 Å². The standard InChI is InChI=1S/C15H21N5O2/c1-3-4-7-12(11-6-5-8-16-10-11)20(2)14(21)9-13-17-15(22)19-18-13/h5-6,8,10,12H,3-4,7,9H2,1-2H3,(H2,17,18,19,22)/t12-/m0/s1. The number of likely N-dealkylation sites (N-methyl/N-ethyl adjacent to an activating group) is 1. The number of amides is 1. The topological polar surface area (TPSA) is 94.7 Å². The third kappa shape index (κ3) is 4.03. The lowest BCUT2D eigenvalue weighted by molar-refractivity contribution is -0.131. The summed E-state index contributed by atoms with van der Waals surface area (Å²) in [5.74, 6) is 0.259. The van der Waals surface area contributed by atoms with Crippen LogP contribution < -0.4 is 5.69 Å². The molecule has 0 saturated carbocycles. The van der Waals surface area contributed by atoms with Crippen molar-refractivity contribution in [3.8, 4) is 0 Å². The van der Waals surface area contributed by atoms with Crippen LogP contribution in [0.2, 0.25) is 0 Å². The molecular weight excluding hydrogens is 282 g/mol. The molecule has 0 aromatic carbocycles. The number of pyridine rings is 1. The molecule has 118 valence electrons. The van der Waals surface area contributed by atoms with Crippen LogP contribution in [-0.2, 0) is 11.2 Å². The average molecular weight is 303 g/mol. The number of carbonyl (C=O) groups excluding carboxylic acids is 1. The Hall–Kier alpha value is -2.44. The Morgan fingerprint density at radius 2 is 2.27 bits per heavy atom. The van der Waals surface area contributed by atoms with Gasteiger partial charge in [-0.25, -0.2) is 9.89 Å². The summed E-state index contributed by atoms with van der Waals surface area (Å²) in [7, 11) is 1.78. The average Bonchev–Trinajstić information content (AvgIpc) is 2.93. The smallest absolute Gasteiger partial charge is 0.338 e. The molecule has 0 radical (unpaired) electrons. The van der Waals surface area contributed by atoms with Gasteiger partial charge in [-0.3, -0.25) is 14.8 Å². The zero-order valence-electron chi connectivity index (χ0n) is 12.9. The van der Waals surface area contributed by atoms with E-state index >= 15 is 0 Å². The van der Waals surface area contributed by atoms with E-state index in [2.05, 4.69) is 27.1 Å². The minimum Gasteiger partial charge on any atom is -0.338 e. The number of H-pyrrole nitrogens is 2. The van der Waals surface area contributed by atoms with Gasteiger partial charge in [0.05, 0.1) is 12.5 Å². The minimum absolute atomic E-state index is 0.0215. The molecule has 2 aromatic rings. The SMILES string of the molecule is CCCC[C@@H](c1cccnc1)N(C)C(=O)Cc1n[nH]c(=O)[nH]1. The normalized spacial score (nSPS) is 12.1. The maximum Gasteiger partial charge on any atom is 0.340 e. The molecule has 0 saturated heterocycles. The minimum atomic E-state index is -0.403. The molecule has 0 aliphatic carbocycles. The quantitative estimate of drug-likeness (QED) is 0.809. The molecule has 0 fully saturated rings. The first-order valence-corrected chi connectivity index (χ1v) is 7.41. The highest BCUT2D eigenvalue weighted by Gasteiger charge is 2.22. The molecule has 1 atom stereocenters. The van der Waals surface area contributed by atoms with Gasteiger partial charge in [-0.2, -0.15) is 5.10 Å². The van der Waals surface area contributed by atoms with Crippen molar-refractivity contribution in [2.75, 3.05) is 7.05 Å². The van der Waals surface area contributed by atoms with E-state index in [0.29, 0.717) is 5.82 Å². The Labute approximate surface area is 128 Å². The molecule has 2 rings (SSSR count). The summed E-state index contributed by atoms with van der Waals surface area (Å²) >= 11 is 0. The third-order valence-electron chi connectivity index (χ3n) is 3.63. The van der Waals surface area contributed by atoms with Crippen LogP contribution in [0.3, 0.4) is 0 Å². The Kier molecular flexibility index (Phi) is 5.46. The van der Waals surface area contributed by atoms with Crippen molar-refractivity contribution in [2.45, 2.75) is 38.6 Å². The van der Waals surface area contributed by atoms with Crippen molar-refractivity contribution in [1.82, 2.24) is 25.1 Å².